The molecule has 1 saturated carbocycles. The number of nitrogens with zero attached hydrogens (tertiary/aromatic N) is 1. The summed E-state index contributed by atoms with van der Waals surface area (Å²) in [7, 11) is 0. The molecule has 0 aromatic heterocycles. The molecule has 0 unspecified atom stereocenters. The standard InChI is InChI=1S/C22H33NO3/c1-21(2,3)26-16-13-20(24)23-15-14-22(25,17-9-5-4-6-10-17)18-11-7-8-12-19(18)23/h4-6,9-10,18-19,25H,7-8,11-16H2,1-3H3/t18-,19+,22-/m1/s1. The van der Waals surface area contributed by atoms with Gasteiger partial charge in [0.1, 0.15) is 0 Å². The monoisotopic (exact) mass is 359 g/mol. The first-order valence-corrected chi connectivity index (χ1v) is 10.0. The second-order valence-electron chi connectivity index (χ2n) is 8.80. The number of carbonyl (C=O) groups is 1. The highest BCUT2D eigenvalue weighted by atomic mass is 16.5. The van der Waals surface area contributed by atoms with E-state index >= 15 is 0 Å². The summed E-state index contributed by atoms with van der Waals surface area (Å²) in [6.07, 6.45) is 5.28. The molecule has 1 aromatic rings. The summed E-state index contributed by atoms with van der Waals surface area (Å²) in [5, 5.41) is 11.6. The summed E-state index contributed by atoms with van der Waals surface area (Å²) in [5.74, 6) is 0.293. The molecule has 1 N–H and O–H groups in total. The van der Waals surface area contributed by atoms with Crippen LogP contribution in [0.3, 0.4) is 0 Å². The van der Waals surface area contributed by atoms with Crippen molar-refractivity contribution >= 4 is 5.91 Å². The van der Waals surface area contributed by atoms with Crippen molar-refractivity contribution in [2.45, 2.75) is 76.5 Å². The van der Waals surface area contributed by atoms with Gasteiger partial charge in [-0.2, -0.15) is 0 Å². The molecule has 26 heavy (non-hydrogen) atoms. The maximum atomic E-state index is 12.9. The Morgan fingerprint density at radius 3 is 2.62 bits per heavy atom. The highest BCUT2D eigenvalue weighted by Gasteiger charge is 2.50. The lowest BCUT2D eigenvalue weighted by molar-refractivity contribution is -0.156. The zero-order chi connectivity index (χ0) is 18.8. The highest BCUT2D eigenvalue weighted by Crippen LogP contribution is 2.47. The zero-order valence-corrected chi connectivity index (χ0v) is 16.4. The molecule has 0 spiro atoms. The fraction of sp³-hybridized carbons (Fsp3) is 0.682. The van der Waals surface area contributed by atoms with Crippen LogP contribution >= 0.6 is 0 Å². The van der Waals surface area contributed by atoms with Gasteiger partial charge in [-0.05, 0) is 45.6 Å². The van der Waals surface area contributed by atoms with Crippen LogP contribution in [0.25, 0.3) is 0 Å². The second kappa shape index (κ2) is 7.69. The highest BCUT2D eigenvalue weighted by molar-refractivity contribution is 5.77. The third-order valence-corrected chi connectivity index (χ3v) is 5.92. The Bertz CT molecular complexity index is 610. The van der Waals surface area contributed by atoms with Gasteiger partial charge in [-0.25, -0.2) is 0 Å². The molecule has 1 aliphatic heterocycles. The molecular formula is C22H33NO3. The first-order valence-electron chi connectivity index (χ1n) is 10.0. The number of aliphatic hydroxyl groups is 1. The fourth-order valence-electron chi connectivity index (χ4n) is 4.67. The number of piperidine rings is 1. The Morgan fingerprint density at radius 2 is 1.92 bits per heavy atom. The van der Waals surface area contributed by atoms with E-state index in [4.69, 9.17) is 4.74 Å². The zero-order valence-electron chi connectivity index (χ0n) is 16.4. The van der Waals surface area contributed by atoms with Crippen LogP contribution < -0.4 is 0 Å². The molecule has 3 atom stereocenters. The molecule has 4 nitrogen and oxygen atoms in total. The van der Waals surface area contributed by atoms with Crippen molar-refractivity contribution in [2.24, 2.45) is 5.92 Å². The Labute approximate surface area is 157 Å². The SMILES string of the molecule is CC(C)(C)OCCC(=O)N1CC[C@@](O)(c2ccccc2)[C@@H]2CCCC[C@@H]21. The number of amides is 1. The molecule has 2 fully saturated rings. The van der Waals surface area contributed by atoms with Crippen LogP contribution in [0.4, 0.5) is 0 Å². The van der Waals surface area contributed by atoms with Gasteiger partial charge in [0.15, 0.2) is 0 Å². The van der Waals surface area contributed by atoms with Crippen molar-refractivity contribution in [1.82, 2.24) is 4.90 Å². The first-order chi connectivity index (χ1) is 12.3. The minimum atomic E-state index is -0.814. The maximum absolute atomic E-state index is 12.9. The van der Waals surface area contributed by atoms with Crippen molar-refractivity contribution in [2.75, 3.05) is 13.2 Å². The van der Waals surface area contributed by atoms with E-state index in [9.17, 15) is 9.90 Å². The lowest BCUT2D eigenvalue weighted by atomic mass is 9.66. The molecule has 1 aliphatic carbocycles. The molecule has 1 aromatic carbocycles. The molecule has 3 rings (SSSR count). The average molecular weight is 360 g/mol. The topological polar surface area (TPSA) is 49.8 Å². The number of hydrogen-bond acceptors (Lipinski definition) is 3. The Balaban J connectivity index is 1.73. The van der Waals surface area contributed by atoms with E-state index in [1.165, 1.54) is 0 Å². The van der Waals surface area contributed by atoms with E-state index < -0.39 is 5.60 Å². The summed E-state index contributed by atoms with van der Waals surface area (Å²) < 4.78 is 5.74. The summed E-state index contributed by atoms with van der Waals surface area (Å²) in [4.78, 5) is 14.9. The Kier molecular flexibility index (Phi) is 5.73. The van der Waals surface area contributed by atoms with Crippen LogP contribution in [0.1, 0.15) is 64.9 Å². The van der Waals surface area contributed by atoms with E-state index in [2.05, 4.69) is 0 Å². The van der Waals surface area contributed by atoms with Gasteiger partial charge < -0.3 is 14.7 Å². The molecule has 0 radical (unpaired) electrons. The fourth-order valence-corrected chi connectivity index (χ4v) is 4.67. The van der Waals surface area contributed by atoms with Gasteiger partial charge in [0.25, 0.3) is 0 Å². The quantitative estimate of drug-likeness (QED) is 0.888. The lowest BCUT2D eigenvalue weighted by Crippen LogP contribution is -2.59. The average Bonchev–Trinajstić information content (AvgIpc) is 2.62. The van der Waals surface area contributed by atoms with E-state index in [0.717, 1.165) is 31.2 Å². The molecule has 144 valence electrons. The summed E-state index contributed by atoms with van der Waals surface area (Å²) >= 11 is 0. The number of likely N-dealkylation sites (tertiary alicyclic amines) is 1. The van der Waals surface area contributed by atoms with Gasteiger partial charge in [-0.1, -0.05) is 43.2 Å². The molecular weight excluding hydrogens is 326 g/mol. The van der Waals surface area contributed by atoms with Gasteiger partial charge in [0.05, 0.1) is 24.2 Å². The molecule has 4 heteroatoms. The number of fused-ring (bicyclic) bond motifs is 1. The minimum absolute atomic E-state index is 0.125. The number of carbonyl (C=O) groups excluding carboxylic acids is 1. The largest absolute Gasteiger partial charge is 0.385 e. The van der Waals surface area contributed by atoms with Crippen molar-refractivity contribution in [3.63, 3.8) is 0 Å². The summed E-state index contributed by atoms with van der Waals surface area (Å²) in [6, 6.07) is 10.2. The maximum Gasteiger partial charge on any atom is 0.225 e. The van der Waals surface area contributed by atoms with E-state index in [1.54, 1.807) is 0 Å². The van der Waals surface area contributed by atoms with Gasteiger partial charge in [0, 0.05) is 18.5 Å². The van der Waals surface area contributed by atoms with Crippen LogP contribution in [0.15, 0.2) is 30.3 Å². The Hall–Kier alpha value is -1.39. The first kappa shape index (κ1) is 19.4. The Morgan fingerprint density at radius 1 is 1.23 bits per heavy atom. The summed E-state index contributed by atoms with van der Waals surface area (Å²) in [6.45, 7) is 7.11. The van der Waals surface area contributed by atoms with Crippen molar-refractivity contribution < 1.29 is 14.6 Å². The van der Waals surface area contributed by atoms with Gasteiger partial charge in [0.2, 0.25) is 5.91 Å². The smallest absolute Gasteiger partial charge is 0.225 e. The lowest BCUT2D eigenvalue weighted by Gasteiger charge is -2.52. The van der Waals surface area contributed by atoms with Crippen molar-refractivity contribution in [3.8, 4) is 0 Å². The number of benzene rings is 1. The van der Waals surface area contributed by atoms with Crippen LogP contribution in [0, 0.1) is 5.92 Å². The van der Waals surface area contributed by atoms with E-state index in [-0.39, 0.29) is 23.5 Å². The van der Waals surface area contributed by atoms with Gasteiger partial charge >= 0.3 is 0 Å². The molecule has 2 aliphatic rings. The van der Waals surface area contributed by atoms with Crippen molar-refractivity contribution in [1.29, 1.82) is 0 Å². The normalized spacial score (nSPS) is 29.3. The molecule has 1 saturated heterocycles. The van der Waals surface area contributed by atoms with Crippen LogP contribution in [0.5, 0.6) is 0 Å². The predicted molar refractivity (Wildman–Crippen MR) is 103 cm³/mol. The number of ether oxygens (including phenoxy) is 1. The molecule has 1 heterocycles. The number of hydrogen-bond donors (Lipinski definition) is 1. The molecule has 0 bridgehead atoms. The van der Waals surface area contributed by atoms with Crippen LogP contribution in [0.2, 0.25) is 0 Å². The van der Waals surface area contributed by atoms with E-state index in [0.29, 0.717) is 26.0 Å². The predicted octanol–water partition coefficient (Wildman–Crippen LogP) is 3.87. The van der Waals surface area contributed by atoms with Gasteiger partial charge in [-0.3, -0.25) is 4.79 Å². The minimum Gasteiger partial charge on any atom is -0.385 e. The third-order valence-electron chi connectivity index (χ3n) is 5.92. The van der Waals surface area contributed by atoms with Crippen LogP contribution in [-0.4, -0.2) is 40.7 Å². The third kappa shape index (κ3) is 4.12. The number of rotatable bonds is 4. The van der Waals surface area contributed by atoms with Crippen LogP contribution in [-0.2, 0) is 15.1 Å². The molecule has 1 amide bonds. The summed E-state index contributed by atoms with van der Waals surface area (Å²) in [5.41, 5.74) is -0.0335. The second-order valence-corrected chi connectivity index (χ2v) is 8.80. The van der Waals surface area contributed by atoms with E-state index in [1.807, 2.05) is 56.0 Å². The van der Waals surface area contributed by atoms with Gasteiger partial charge in [-0.15, -0.1) is 0 Å². The van der Waals surface area contributed by atoms with Crippen molar-refractivity contribution in [3.05, 3.63) is 35.9 Å².